The number of carbonyl (C=O) groups is 1. The molecule has 7 heteroatoms. The van der Waals surface area contributed by atoms with Gasteiger partial charge < -0.3 is 14.6 Å². The molecule has 2 aromatic heterocycles. The molecule has 1 amide bonds. The SMILES string of the molecule is Cc1cnc([C@@H]2COCCN2C(=O)c2ccnn2C(C)C)[nH]1. The van der Waals surface area contributed by atoms with E-state index in [1.165, 1.54) is 0 Å². The summed E-state index contributed by atoms with van der Waals surface area (Å²) in [5, 5.41) is 4.25. The molecule has 7 nitrogen and oxygen atoms in total. The minimum Gasteiger partial charge on any atom is -0.377 e. The maximum atomic E-state index is 12.9. The Hall–Kier alpha value is -2.15. The first-order valence-corrected chi connectivity index (χ1v) is 7.51. The van der Waals surface area contributed by atoms with E-state index in [2.05, 4.69) is 15.1 Å². The van der Waals surface area contributed by atoms with Crippen molar-refractivity contribution in [2.45, 2.75) is 32.9 Å². The lowest BCUT2D eigenvalue weighted by Crippen LogP contribution is -2.44. The second-order valence-corrected chi connectivity index (χ2v) is 5.80. The number of carbonyl (C=O) groups excluding carboxylic acids is 1. The van der Waals surface area contributed by atoms with Crippen molar-refractivity contribution in [1.82, 2.24) is 24.6 Å². The fourth-order valence-corrected chi connectivity index (χ4v) is 2.72. The number of aromatic nitrogens is 4. The maximum Gasteiger partial charge on any atom is 0.272 e. The molecule has 0 bridgehead atoms. The van der Waals surface area contributed by atoms with Crippen LogP contribution in [0.25, 0.3) is 0 Å². The van der Waals surface area contributed by atoms with Crippen molar-refractivity contribution in [2.75, 3.05) is 19.8 Å². The summed E-state index contributed by atoms with van der Waals surface area (Å²) in [6.07, 6.45) is 3.44. The van der Waals surface area contributed by atoms with Gasteiger partial charge >= 0.3 is 0 Å². The minimum absolute atomic E-state index is 0.0337. The second-order valence-electron chi connectivity index (χ2n) is 5.80. The molecule has 0 saturated carbocycles. The van der Waals surface area contributed by atoms with Crippen LogP contribution in [0.2, 0.25) is 0 Å². The van der Waals surface area contributed by atoms with Gasteiger partial charge in [-0.1, -0.05) is 0 Å². The molecule has 2 aromatic rings. The van der Waals surface area contributed by atoms with Gasteiger partial charge in [-0.05, 0) is 26.8 Å². The van der Waals surface area contributed by atoms with Crippen LogP contribution < -0.4 is 0 Å². The van der Waals surface area contributed by atoms with E-state index in [1.807, 2.05) is 25.7 Å². The van der Waals surface area contributed by atoms with Crippen molar-refractivity contribution < 1.29 is 9.53 Å². The molecule has 1 N–H and O–H groups in total. The van der Waals surface area contributed by atoms with Gasteiger partial charge in [0.05, 0.1) is 13.2 Å². The van der Waals surface area contributed by atoms with Gasteiger partial charge in [0.25, 0.3) is 5.91 Å². The number of rotatable bonds is 3. The van der Waals surface area contributed by atoms with Crippen LogP contribution in [0, 0.1) is 6.92 Å². The highest BCUT2D eigenvalue weighted by atomic mass is 16.5. The van der Waals surface area contributed by atoms with Gasteiger partial charge in [0.2, 0.25) is 0 Å². The molecule has 1 aliphatic heterocycles. The quantitative estimate of drug-likeness (QED) is 0.936. The zero-order valence-electron chi connectivity index (χ0n) is 13.1. The number of imidazole rings is 1. The summed E-state index contributed by atoms with van der Waals surface area (Å²) in [4.78, 5) is 22.3. The molecule has 3 heterocycles. The molecule has 0 unspecified atom stereocenters. The third-order valence-corrected chi connectivity index (χ3v) is 3.81. The molecular formula is C15H21N5O2. The highest BCUT2D eigenvalue weighted by Gasteiger charge is 2.32. The van der Waals surface area contributed by atoms with Crippen molar-refractivity contribution in [3.05, 3.63) is 35.7 Å². The largest absolute Gasteiger partial charge is 0.377 e. The van der Waals surface area contributed by atoms with Crippen LogP contribution in [-0.2, 0) is 4.74 Å². The van der Waals surface area contributed by atoms with Crippen LogP contribution in [0.5, 0.6) is 0 Å². The van der Waals surface area contributed by atoms with Gasteiger partial charge in [-0.15, -0.1) is 0 Å². The number of H-pyrrole nitrogens is 1. The average molecular weight is 303 g/mol. The van der Waals surface area contributed by atoms with Crippen molar-refractivity contribution in [3.63, 3.8) is 0 Å². The predicted molar refractivity (Wildman–Crippen MR) is 80.5 cm³/mol. The molecule has 118 valence electrons. The number of hydrogen-bond donors (Lipinski definition) is 1. The predicted octanol–water partition coefficient (Wildman–Crippen LogP) is 1.71. The van der Waals surface area contributed by atoms with Crippen LogP contribution in [-0.4, -0.2) is 50.3 Å². The smallest absolute Gasteiger partial charge is 0.272 e. The maximum absolute atomic E-state index is 12.9. The highest BCUT2D eigenvalue weighted by Crippen LogP contribution is 2.24. The monoisotopic (exact) mass is 303 g/mol. The first kappa shape index (κ1) is 14.8. The molecule has 3 rings (SSSR count). The molecule has 0 radical (unpaired) electrons. The van der Waals surface area contributed by atoms with Crippen molar-refractivity contribution in [2.24, 2.45) is 0 Å². The zero-order valence-corrected chi connectivity index (χ0v) is 13.1. The van der Waals surface area contributed by atoms with Crippen molar-refractivity contribution in [1.29, 1.82) is 0 Å². The number of nitrogens with one attached hydrogen (secondary N) is 1. The summed E-state index contributed by atoms with van der Waals surface area (Å²) in [6.45, 7) is 7.51. The molecule has 1 atom stereocenters. The van der Waals surface area contributed by atoms with E-state index >= 15 is 0 Å². The molecule has 22 heavy (non-hydrogen) atoms. The summed E-state index contributed by atoms with van der Waals surface area (Å²) in [6, 6.07) is 1.71. The summed E-state index contributed by atoms with van der Waals surface area (Å²) in [5.41, 5.74) is 1.57. The lowest BCUT2D eigenvalue weighted by molar-refractivity contribution is -0.00570. The second kappa shape index (κ2) is 5.92. The van der Waals surface area contributed by atoms with Crippen LogP contribution in [0.3, 0.4) is 0 Å². The molecule has 0 aromatic carbocycles. The first-order chi connectivity index (χ1) is 10.6. The molecule has 1 fully saturated rings. The van der Waals surface area contributed by atoms with E-state index < -0.39 is 0 Å². The lowest BCUT2D eigenvalue weighted by atomic mass is 10.2. The fourth-order valence-electron chi connectivity index (χ4n) is 2.72. The molecule has 1 aliphatic rings. The topological polar surface area (TPSA) is 76.0 Å². The summed E-state index contributed by atoms with van der Waals surface area (Å²) < 4.78 is 7.30. The van der Waals surface area contributed by atoms with E-state index in [0.29, 0.717) is 25.5 Å². The van der Waals surface area contributed by atoms with Gasteiger partial charge in [0, 0.05) is 30.7 Å². The number of amides is 1. The summed E-state index contributed by atoms with van der Waals surface area (Å²) >= 11 is 0. The van der Waals surface area contributed by atoms with Gasteiger partial charge in [0.15, 0.2) is 0 Å². The Bertz CT molecular complexity index is 660. The van der Waals surface area contributed by atoms with E-state index in [9.17, 15) is 4.79 Å². The Balaban J connectivity index is 1.90. The van der Waals surface area contributed by atoms with Gasteiger partial charge in [-0.3, -0.25) is 9.48 Å². The van der Waals surface area contributed by atoms with Gasteiger partial charge in [-0.2, -0.15) is 5.10 Å². The zero-order chi connectivity index (χ0) is 15.7. The molecule has 1 saturated heterocycles. The number of hydrogen-bond acceptors (Lipinski definition) is 4. The number of ether oxygens (including phenoxy) is 1. The van der Waals surface area contributed by atoms with Crippen molar-refractivity contribution >= 4 is 5.91 Å². The standard InChI is InChI=1S/C15H21N5O2/c1-10(2)20-12(4-5-17-20)15(21)19-6-7-22-9-13(19)14-16-8-11(3)18-14/h4-5,8,10,13H,6-7,9H2,1-3H3,(H,16,18)/t13-/m0/s1. The normalized spacial score (nSPS) is 18.9. The van der Waals surface area contributed by atoms with E-state index in [1.54, 1.807) is 23.1 Å². The summed E-state index contributed by atoms with van der Waals surface area (Å²) in [5.74, 6) is 0.731. The summed E-state index contributed by atoms with van der Waals surface area (Å²) in [7, 11) is 0. The lowest BCUT2D eigenvalue weighted by Gasteiger charge is -2.34. The Labute approximate surface area is 129 Å². The Morgan fingerprint density at radius 1 is 1.50 bits per heavy atom. The van der Waals surface area contributed by atoms with Gasteiger partial charge in [0.1, 0.15) is 17.6 Å². The van der Waals surface area contributed by atoms with Crippen LogP contribution in [0.4, 0.5) is 0 Å². The number of nitrogens with zero attached hydrogens (tertiary/aromatic N) is 4. The number of aromatic amines is 1. The Morgan fingerprint density at radius 2 is 2.32 bits per heavy atom. The minimum atomic E-state index is -0.189. The average Bonchev–Trinajstić information content (AvgIpc) is 3.15. The molecule has 0 aliphatic carbocycles. The number of aryl methyl sites for hydroxylation is 1. The Morgan fingerprint density at radius 3 is 3.00 bits per heavy atom. The first-order valence-electron chi connectivity index (χ1n) is 7.51. The highest BCUT2D eigenvalue weighted by molar-refractivity contribution is 5.93. The van der Waals surface area contributed by atoms with Crippen LogP contribution >= 0.6 is 0 Å². The molecule has 0 spiro atoms. The van der Waals surface area contributed by atoms with Gasteiger partial charge in [-0.25, -0.2) is 4.98 Å². The Kier molecular flexibility index (Phi) is 3.98. The third-order valence-electron chi connectivity index (χ3n) is 3.81. The van der Waals surface area contributed by atoms with Crippen LogP contribution in [0.1, 0.15) is 47.9 Å². The van der Waals surface area contributed by atoms with E-state index in [0.717, 1.165) is 11.5 Å². The van der Waals surface area contributed by atoms with Crippen LogP contribution in [0.15, 0.2) is 18.5 Å². The fraction of sp³-hybridized carbons (Fsp3) is 0.533. The number of morpholine rings is 1. The van der Waals surface area contributed by atoms with Crippen molar-refractivity contribution in [3.8, 4) is 0 Å². The van der Waals surface area contributed by atoms with E-state index in [-0.39, 0.29) is 18.0 Å². The van der Waals surface area contributed by atoms with E-state index in [4.69, 9.17) is 4.74 Å². The third kappa shape index (κ3) is 2.64. The molecular weight excluding hydrogens is 282 g/mol.